The van der Waals surface area contributed by atoms with Crippen molar-refractivity contribution in [1.82, 2.24) is 15.2 Å². The Balaban J connectivity index is 1.70. The number of halogens is 1. The summed E-state index contributed by atoms with van der Waals surface area (Å²) in [4.78, 5) is 16.2. The van der Waals surface area contributed by atoms with Crippen LogP contribution in [-0.4, -0.2) is 34.4 Å². The largest absolute Gasteiger partial charge is 0.496 e. The topological polar surface area (TPSA) is 79.9 Å². The van der Waals surface area contributed by atoms with E-state index in [1.807, 2.05) is 31.2 Å². The van der Waals surface area contributed by atoms with Gasteiger partial charge in [0.2, 0.25) is 5.91 Å². The zero-order valence-electron chi connectivity index (χ0n) is 13.8. The second-order valence-corrected chi connectivity index (χ2v) is 6.17. The van der Waals surface area contributed by atoms with Gasteiger partial charge in [-0.25, -0.2) is 9.37 Å². The molecule has 0 bridgehead atoms. The SMILES string of the molecule is COc1cccc(C)c1-c1[nH]nc2nc(NC(=O)[C@@H]3C[C@@H]3F)ccc12. The molecule has 2 heterocycles. The standard InChI is InChI=1S/C18H17FN4O2/c1-9-4-3-5-13(25-2)15(9)16-10-6-7-14(20-17(10)23-22-16)21-18(24)11-8-12(11)19/h3-7,11-12H,8H2,1-2H3,(H2,20,21,22,23,24)/t11-,12+/m1/s1. The number of fused-ring (bicyclic) bond motifs is 1. The van der Waals surface area contributed by atoms with Crippen molar-refractivity contribution in [3.8, 4) is 17.0 Å². The van der Waals surface area contributed by atoms with Gasteiger partial charge in [-0.15, -0.1) is 0 Å². The van der Waals surface area contributed by atoms with Crippen molar-refractivity contribution in [3.63, 3.8) is 0 Å². The number of rotatable bonds is 4. The molecule has 2 N–H and O–H groups in total. The Morgan fingerprint density at radius 1 is 1.36 bits per heavy atom. The monoisotopic (exact) mass is 340 g/mol. The van der Waals surface area contributed by atoms with Gasteiger partial charge in [0.05, 0.1) is 18.7 Å². The molecule has 1 saturated carbocycles. The van der Waals surface area contributed by atoms with Gasteiger partial charge in [-0.1, -0.05) is 12.1 Å². The maximum Gasteiger partial charge on any atom is 0.231 e. The molecule has 0 spiro atoms. The molecule has 2 aromatic heterocycles. The van der Waals surface area contributed by atoms with E-state index in [2.05, 4.69) is 20.5 Å². The fraction of sp³-hybridized carbons (Fsp3) is 0.278. The molecule has 1 amide bonds. The molecule has 1 aliphatic rings. The summed E-state index contributed by atoms with van der Waals surface area (Å²) in [6, 6.07) is 9.34. The number of H-pyrrole nitrogens is 1. The van der Waals surface area contributed by atoms with E-state index in [1.54, 1.807) is 13.2 Å². The molecule has 2 atom stereocenters. The third-order valence-electron chi connectivity index (χ3n) is 4.42. The van der Waals surface area contributed by atoms with Crippen LogP contribution in [0.15, 0.2) is 30.3 Å². The van der Waals surface area contributed by atoms with Crippen molar-refractivity contribution < 1.29 is 13.9 Å². The molecule has 6 nitrogen and oxygen atoms in total. The Hall–Kier alpha value is -2.96. The second kappa shape index (κ2) is 5.84. The van der Waals surface area contributed by atoms with E-state index >= 15 is 0 Å². The minimum absolute atomic E-state index is 0.285. The van der Waals surface area contributed by atoms with Crippen LogP contribution in [0.3, 0.4) is 0 Å². The van der Waals surface area contributed by atoms with Crippen LogP contribution in [0.25, 0.3) is 22.3 Å². The highest BCUT2D eigenvalue weighted by Gasteiger charge is 2.43. The number of hydrogen-bond donors (Lipinski definition) is 2. The smallest absolute Gasteiger partial charge is 0.231 e. The van der Waals surface area contributed by atoms with E-state index in [0.29, 0.717) is 11.5 Å². The Morgan fingerprint density at radius 3 is 2.88 bits per heavy atom. The number of hydrogen-bond acceptors (Lipinski definition) is 4. The van der Waals surface area contributed by atoms with Crippen molar-refractivity contribution in [2.75, 3.05) is 12.4 Å². The third-order valence-corrected chi connectivity index (χ3v) is 4.42. The molecule has 4 rings (SSSR count). The van der Waals surface area contributed by atoms with Gasteiger partial charge in [0.15, 0.2) is 5.65 Å². The number of aromatic nitrogens is 3. The Kier molecular flexibility index (Phi) is 3.63. The van der Waals surface area contributed by atoms with E-state index < -0.39 is 12.1 Å². The molecule has 128 valence electrons. The van der Waals surface area contributed by atoms with Gasteiger partial charge < -0.3 is 10.1 Å². The number of benzene rings is 1. The lowest BCUT2D eigenvalue weighted by atomic mass is 10.0. The molecule has 0 radical (unpaired) electrons. The average Bonchev–Trinajstić information content (AvgIpc) is 3.20. The van der Waals surface area contributed by atoms with Crippen LogP contribution in [0.5, 0.6) is 5.75 Å². The fourth-order valence-corrected chi connectivity index (χ4v) is 2.94. The average molecular weight is 340 g/mol. The van der Waals surface area contributed by atoms with Crippen LogP contribution in [0.1, 0.15) is 12.0 Å². The first-order chi connectivity index (χ1) is 12.1. The molecular formula is C18H17FN4O2. The van der Waals surface area contributed by atoms with Gasteiger partial charge in [-0.3, -0.25) is 9.89 Å². The predicted molar refractivity (Wildman–Crippen MR) is 92.2 cm³/mol. The van der Waals surface area contributed by atoms with Crippen LogP contribution in [0.2, 0.25) is 0 Å². The van der Waals surface area contributed by atoms with Gasteiger partial charge in [-0.05, 0) is 37.1 Å². The van der Waals surface area contributed by atoms with E-state index in [1.165, 1.54) is 0 Å². The predicted octanol–water partition coefficient (Wildman–Crippen LogP) is 3.24. The highest BCUT2D eigenvalue weighted by atomic mass is 19.1. The number of pyridine rings is 1. The summed E-state index contributed by atoms with van der Waals surface area (Å²) in [5.41, 5.74) is 3.25. The molecule has 0 unspecified atom stereocenters. The molecule has 1 aromatic carbocycles. The lowest BCUT2D eigenvalue weighted by Gasteiger charge is -2.10. The van der Waals surface area contributed by atoms with Crippen molar-refractivity contribution in [2.24, 2.45) is 5.92 Å². The first kappa shape index (κ1) is 15.6. The fourth-order valence-electron chi connectivity index (χ4n) is 2.94. The van der Waals surface area contributed by atoms with E-state index in [4.69, 9.17) is 4.74 Å². The molecule has 7 heteroatoms. The second-order valence-electron chi connectivity index (χ2n) is 6.17. The number of alkyl halides is 1. The van der Waals surface area contributed by atoms with Gasteiger partial charge in [0.1, 0.15) is 17.7 Å². The summed E-state index contributed by atoms with van der Waals surface area (Å²) in [5.74, 6) is 0.219. The quantitative estimate of drug-likeness (QED) is 0.764. The summed E-state index contributed by atoms with van der Waals surface area (Å²) in [5, 5.41) is 10.7. The lowest BCUT2D eigenvalue weighted by molar-refractivity contribution is -0.117. The Bertz CT molecular complexity index is 969. The zero-order valence-corrected chi connectivity index (χ0v) is 13.8. The van der Waals surface area contributed by atoms with Gasteiger partial charge in [0, 0.05) is 10.9 Å². The zero-order chi connectivity index (χ0) is 17.6. The van der Waals surface area contributed by atoms with Crippen molar-refractivity contribution in [1.29, 1.82) is 0 Å². The normalized spacial score (nSPS) is 19.0. The number of aryl methyl sites for hydroxylation is 1. The molecular weight excluding hydrogens is 323 g/mol. The number of methoxy groups -OCH3 is 1. The first-order valence-corrected chi connectivity index (χ1v) is 8.02. The molecule has 1 aliphatic carbocycles. The lowest BCUT2D eigenvalue weighted by Crippen LogP contribution is -2.15. The number of nitrogens with one attached hydrogen (secondary N) is 2. The first-order valence-electron chi connectivity index (χ1n) is 8.02. The van der Waals surface area contributed by atoms with Crippen LogP contribution in [-0.2, 0) is 4.79 Å². The summed E-state index contributed by atoms with van der Waals surface area (Å²) < 4.78 is 18.4. The van der Waals surface area contributed by atoms with Crippen LogP contribution in [0, 0.1) is 12.8 Å². The maximum absolute atomic E-state index is 13.0. The highest BCUT2D eigenvalue weighted by molar-refractivity contribution is 5.97. The molecule has 1 fully saturated rings. The van der Waals surface area contributed by atoms with Gasteiger partial charge in [0.25, 0.3) is 0 Å². The molecule has 25 heavy (non-hydrogen) atoms. The minimum Gasteiger partial charge on any atom is -0.496 e. The summed E-state index contributed by atoms with van der Waals surface area (Å²) in [6.07, 6.45) is -0.748. The van der Waals surface area contributed by atoms with Crippen LogP contribution < -0.4 is 10.1 Å². The third kappa shape index (κ3) is 2.71. The number of aromatic amines is 1. The van der Waals surface area contributed by atoms with Crippen molar-refractivity contribution >= 4 is 22.8 Å². The van der Waals surface area contributed by atoms with Crippen molar-refractivity contribution in [3.05, 3.63) is 35.9 Å². The number of carbonyl (C=O) groups excluding carboxylic acids is 1. The number of ether oxygens (including phenoxy) is 1. The van der Waals surface area contributed by atoms with Crippen LogP contribution in [0.4, 0.5) is 10.2 Å². The summed E-state index contributed by atoms with van der Waals surface area (Å²) in [6.45, 7) is 2.00. The Morgan fingerprint density at radius 2 is 2.16 bits per heavy atom. The number of anilines is 1. The van der Waals surface area contributed by atoms with E-state index in [9.17, 15) is 9.18 Å². The van der Waals surface area contributed by atoms with Gasteiger partial charge >= 0.3 is 0 Å². The molecule has 0 saturated heterocycles. The van der Waals surface area contributed by atoms with Crippen LogP contribution >= 0.6 is 0 Å². The summed E-state index contributed by atoms with van der Waals surface area (Å²) >= 11 is 0. The number of nitrogens with zero attached hydrogens (tertiary/aromatic N) is 2. The number of amides is 1. The van der Waals surface area contributed by atoms with E-state index in [0.717, 1.165) is 28.0 Å². The minimum atomic E-state index is -1.03. The van der Waals surface area contributed by atoms with Crippen molar-refractivity contribution in [2.45, 2.75) is 19.5 Å². The number of carbonyl (C=O) groups is 1. The van der Waals surface area contributed by atoms with Gasteiger partial charge in [-0.2, -0.15) is 5.10 Å². The summed E-state index contributed by atoms with van der Waals surface area (Å²) in [7, 11) is 1.62. The maximum atomic E-state index is 13.0. The highest BCUT2D eigenvalue weighted by Crippen LogP contribution is 2.36. The Labute approximate surface area is 143 Å². The van der Waals surface area contributed by atoms with E-state index in [-0.39, 0.29) is 12.3 Å². The molecule has 0 aliphatic heterocycles. The molecule has 3 aromatic rings.